The van der Waals surface area contributed by atoms with Gasteiger partial charge in [0.05, 0.1) is 45.0 Å². The number of hydrogen-bond donors (Lipinski definition) is 5. The molecular weight excluding hydrogens is 804 g/mol. The molecule has 0 radical (unpaired) electrons. The number of aliphatic hydroxyl groups is 2. The summed E-state index contributed by atoms with van der Waals surface area (Å²) in [6, 6.07) is 4.89. The van der Waals surface area contributed by atoms with E-state index in [0.717, 1.165) is 37.7 Å². The minimum Gasteiger partial charge on any atom is -0.404 e. The predicted molar refractivity (Wildman–Crippen MR) is 226 cm³/mol. The summed E-state index contributed by atoms with van der Waals surface area (Å²) in [5.41, 5.74) is -3.78. The first-order valence-electron chi connectivity index (χ1n) is 22.6. The number of phosphoric ester groups is 1. The lowest BCUT2D eigenvalue weighted by molar-refractivity contribution is -0.926. The Hall–Kier alpha value is -2.36. The maximum atomic E-state index is 18.1. The van der Waals surface area contributed by atoms with E-state index in [4.69, 9.17) is 14.0 Å². The topological polar surface area (TPSA) is 175 Å². The van der Waals surface area contributed by atoms with Crippen LogP contribution in [0.5, 0.6) is 5.75 Å². The number of likely N-dealkylation sites (N-methyl/N-ethyl adjacent to an activating group) is 1. The zero-order chi connectivity index (χ0) is 44.0. The molecule has 5 N–H and O–H groups in total. The van der Waals surface area contributed by atoms with Gasteiger partial charge in [-0.1, -0.05) is 43.9 Å². The van der Waals surface area contributed by atoms with Crippen molar-refractivity contribution in [3.63, 3.8) is 0 Å². The SMILES string of the molecule is CC(C)(C)NCC(O)c1ccc(OP(=O)(O)O)c(C[N+]2(C)CCN(CC(=O)[C@@]34O[C@H](C5CCCCC5)O[C@@H]3C[C@H]3[C@@H]5CCC6=CC(=O)C=C[C@]6(C)[C@@]5(F)[C@@H](O)C[C@@]34C)CC2)c1. The number of phosphoric acid groups is 1. The van der Waals surface area contributed by atoms with Gasteiger partial charge in [-0.05, 0) is 102 Å². The van der Waals surface area contributed by atoms with Crippen molar-refractivity contribution in [3.05, 3.63) is 53.1 Å². The molecule has 7 aliphatic rings. The number of nitrogens with zero attached hydrogens (tertiary/aromatic N) is 2. The molecule has 338 valence electrons. The van der Waals surface area contributed by atoms with E-state index in [0.29, 0.717) is 74.1 Å². The second-order valence-electron chi connectivity index (χ2n) is 21.3. The number of ketones is 2. The number of β-amino-alcohol motifs (C(OH)–C–C–N with tert-alkyl or cyclic N) is 1. The molecule has 2 aliphatic heterocycles. The Morgan fingerprint density at radius 1 is 1.11 bits per heavy atom. The van der Waals surface area contributed by atoms with Crippen LogP contribution in [0.2, 0.25) is 0 Å². The van der Waals surface area contributed by atoms with Crippen LogP contribution < -0.4 is 9.84 Å². The van der Waals surface area contributed by atoms with Crippen LogP contribution in [0.15, 0.2) is 42.0 Å². The maximum absolute atomic E-state index is 18.1. The molecule has 10 atom stereocenters. The molecule has 15 heteroatoms. The van der Waals surface area contributed by atoms with Gasteiger partial charge in [0.1, 0.15) is 12.3 Å². The number of carbonyl (C=O) groups is 2. The van der Waals surface area contributed by atoms with Gasteiger partial charge >= 0.3 is 7.82 Å². The molecule has 5 aliphatic carbocycles. The van der Waals surface area contributed by atoms with Gasteiger partial charge in [0.25, 0.3) is 0 Å². The molecule has 0 amide bonds. The summed E-state index contributed by atoms with van der Waals surface area (Å²) in [5.74, 6) is -0.902. The Kier molecular flexibility index (Phi) is 11.8. The Balaban J connectivity index is 1.03. The van der Waals surface area contributed by atoms with Crippen LogP contribution in [0.3, 0.4) is 0 Å². The van der Waals surface area contributed by atoms with Crippen molar-refractivity contribution in [2.45, 2.75) is 140 Å². The molecule has 2 saturated heterocycles. The number of alkyl halides is 1. The molecule has 4 saturated carbocycles. The zero-order valence-electron chi connectivity index (χ0n) is 36.8. The molecule has 2 heterocycles. The van der Waals surface area contributed by atoms with Crippen LogP contribution in [-0.4, -0.2) is 123 Å². The summed E-state index contributed by atoms with van der Waals surface area (Å²) < 4.78 is 49.7. The number of carbonyl (C=O) groups excluding carboxylic acids is 2. The number of piperazine rings is 1. The van der Waals surface area contributed by atoms with Gasteiger partial charge in [-0.3, -0.25) is 24.3 Å². The van der Waals surface area contributed by atoms with Crippen LogP contribution in [0.4, 0.5) is 4.39 Å². The van der Waals surface area contributed by atoms with Gasteiger partial charge in [0.2, 0.25) is 0 Å². The van der Waals surface area contributed by atoms with Crippen molar-refractivity contribution >= 4 is 19.4 Å². The number of rotatable bonds is 11. The molecule has 13 nitrogen and oxygen atoms in total. The van der Waals surface area contributed by atoms with Crippen molar-refractivity contribution in [2.75, 3.05) is 46.3 Å². The third-order valence-electron chi connectivity index (χ3n) is 16.2. The second-order valence-corrected chi connectivity index (χ2v) is 22.4. The first-order chi connectivity index (χ1) is 28.5. The molecule has 6 fully saturated rings. The Morgan fingerprint density at radius 2 is 1.82 bits per heavy atom. The zero-order valence-corrected chi connectivity index (χ0v) is 37.7. The standard InChI is InChI=1S/C46H67FN3O10P/c1-42(2,3)48-26-36(52)30-12-15-37(60-61(55,56)57)31(22-30)28-50(6)20-18-49(19-21-50)27-39(54)46-40(58-41(59-46)29-10-8-7-9-11-29)24-35-34-14-13-32-23-33(51)16-17-43(32,4)45(34,47)38(53)25-44(35,46)5/h12,15-17,22-23,29,34-36,38,40-41,48,52-53H,7-11,13-14,18-21,24-28H2,1-6H3,(H-,55,56,57)/p+1/t34-,35-,36?,38-,40+,41+,43-,44-,45-,46+/m0/s1. The normalized spacial score (nSPS) is 38.2. The van der Waals surface area contributed by atoms with Crippen molar-refractivity contribution in [1.82, 2.24) is 10.2 Å². The first kappa shape index (κ1) is 45.2. The van der Waals surface area contributed by atoms with Crippen molar-refractivity contribution in [3.8, 4) is 5.75 Å². The largest absolute Gasteiger partial charge is 0.524 e. The van der Waals surface area contributed by atoms with E-state index in [-0.39, 0.29) is 47.7 Å². The molecule has 0 aromatic heterocycles. The Labute approximate surface area is 359 Å². The summed E-state index contributed by atoms with van der Waals surface area (Å²) in [4.78, 5) is 49.3. The summed E-state index contributed by atoms with van der Waals surface area (Å²) in [5, 5.41) is 26.5. The number of Topliss-reactive ketones (excluding diaryl/α,β-unsaturated/α-hetero) is 1. The van der Waals surface area contributed by atoms with Gasteiger partial charge in [-0.2, -0.15) is 0 Å². The smallest absolute Gasteiger partial charge is 0.404 e. The minimum atomic E-state index is -4.87. The third kappa shape index (κ3) is 7.97. The molecule has 8 rings (SSSR count). The van der Waals surface area contributed by atoms with E-state index in [9.17, 15) is 29.4 Å². The van der Waals surface area contributed by atoms with Gasteiger partial charge in [0, 0.05) is 53.4 Å². The molecule has 0 bridgehead atoms. The van der Waals surface area contributed by atoms with Crippen molar-refractivity contribution in [1.29, 1.82) is 0 Å². The van der Waals surface area contributed by atoms with Crippen LogP contribution in [0.1, 0.15) is 110 Å². The van der Waals surface area contributed by atoms with E-state index in [1.54, 1.807) is 24.3 Å². The molecule has 1 aromatic rings. The maximum Gasteiger partial charge on any atom is 0.524 e. The van der Waals surface area contributed by atoms with Crippen LogP contribution in [-0.2, 0) is 30.2 Å². The molecular formula is C46H68FN3O10P+. The number of fused-ring (bicyclic) bond motifs is 7. The highest BCUT2D eigenvalue weighted by atomic mass is 31.2. The average molecular weight is 873 g/mol. The lowest BCUT2D eigenvalue weighted by Crippen LogP contribution is -2.70. The van der Waals surface area contributed by atoms with Gasteiger partial charge in [0.15, 0.2) is 29.1 Å². The summed E-state index contributed by atoms with van der Waals surface area (Å²) >= 11 is 0. The van der Waals surface area contributed by atoms with Gasteiger partial charge in [-0.25, -0.2) is 8.96 Å². The van der Waals surface area contributed by atoms with E-state index in [1.807, 2.05) is 34.6 Å². The fraction of sp³-hybridized carbons (Fsp3) is 0.739. The number of aliphatic hydroxyl groups excluding tert-OH is 2. The molecule has 0 spiro atoms. The molecule has 1 unspecified atom stereocenters. The quantitative estimate of drug-likeness (QED) is 0.141. The van der Waals surface area contributed by atoms with Crippen LogP contribution in [0, 0.1) is 28.6 Å². The van der Waals surface area contributed by atoms with E-state index in [2.05, 4.69) is 17.3 Å². The van der Waals surface area contributed by atoms with E-state index >= 15 is 9.18 Å². The average Bonchev–Trinajstić information content (AvgIpc) is 3.69. The summed E-state index contributed by atoms with van der Waals surface area (Å²) in [7, 11) is -2.80. The van der Waals surface area contributed by atoms with Crippen LogP contribution in [0.25, 0.3) is 0 Å². The summed E-state index contributed by atoms with van der Waals surface area (Å²) in [6.45, 7) is 13.0. The first-order valence-corrected chi connectivity index (χ1v) is 24.1. The summed E-state index contributed by atoms with van der Waals surface area (Å²) in [6.07, 6.45) is 7.96. The number of quaternary nitrogens is 1. The monoisotopic (exact) mass is 872 g/mol. The predicted octanol–water partition coefficient (Wildman–Crippen LogP) is 5.45. The number of ether oxygens (including phenoxy) is 2. The van der Waals surface area contributed by atoms with E-state index < -0.39 is 60.4 Å². The van der Waals surface area contributed by atoms with Crippen LogP contribution >= 0.6 is 7.82 Å². The van der Waals surface area contributed by atoms with Gasteiger partial charge in [-0.15, -0.1) is 0 Å². The third-order valence-corrected chi connectivity index (χ3v) is 16.6. The van der Waals surface area contributed by atoms with Crippen molar-refractivity contribution < 1.29 is 57.0 Å². The fourth-order valence-electron chi connectivity index (χ4n) is 12.8. The molecule has 61 heavy (non-hydrogen) atoms. The number of halogens is 1. The lowest BCUT2D eigenvalue weighted by atomic mass is 9.44. The Bertz CT molecular complexity index is 1990. The number of benzene rings is 1. The fourth-order valence-corrected chi connectivity index (χ4v) is 13.2. The lowest BCUT2D eigenvalue weighted by Gasteiger charge is -2.62. The van der Waals surface area contributed by atoms with Gasteiger partial charge < -0.3 is 34.0 Å². The number of hydrogen-bond acceptors (Lipinski definition) is 10. The second kappa shape index (κ2) is 16.0. The van der Waals surface area contributed by atoms with Crippen molar-refractivity contribution in [2.24, 2.45) is 28.6 Å². The highest BCUT2D eigenvalue weighted by Gasteiger charge is 2.79. The Morgan fingerprint density at radius 3 is 2.49 bits per heavy atom. The highest BCUT2D eigenvalue weighted by molar-refractivity contribution is 7.46. The number of nitrogens with one attached hydrogen (secondary N) is 1. The minimum absolute atomic E-state index is 0.0340. The highest BCUT2D eigenvalue weighted by Crippen LogP contribution is 2.72. The van der Waals surface area contributed by atoms with E-state index in [1.165, 1.54) is 12.1 Å². The number of allylic oxidation sites excluding steroid dienone is 4. The molecule has 1 aromatic carbocycles.